The minimum atomic E-state index is -4.63. The second kappa shape index (κ2) is 11.8. The predicted octanol–water partition coefficient (Wildman–Crippen LogP) is 6.91. The third kappa shape index (κ3) is 5.62. The van der Waals surface area contributed by atoms with E-state index >= 15 is 0 Å². The number of nitrogens with zero attached hydrogens (tertiary/aromatic N) is 7. The van der Waals surface area contributed by atoms with Crippen LogP contribution >= 0.6 is 15.9 Å². The Balaban J connectivity index is 1.27. The fourth-order valence-electron chi connectivity index (χ4n) is 6.54. The molecule has 0 spiro atoms. The Labute approximate surface area is 276 Å². The predicted molar refractivity (Wildman–Crippen MR) is 172 cm³/mol. The first-order valence-corrected chi connectivity index (χ1v) is 15.9. The van der Waals surface area contributed by atoms with Gasteiger partial charge in [-0.05, 0) is 68.3 Å². The molecule has 1 fully saturated rings. The van der Waals surface area contributed by atoms with Crippen LogP contribution in [0.25, 0.3) is 5.69 Å². The van der Waals surface area contributed by atoms with Gasteiger partial charge in [-0.25, -0.2) is 4.68 Å². The smallest absolute Gasteiger partial charge is 0.334 e. The summed E-state index contributed by atoms with van der Waals surface area (Å²) in [4.78, 5) is 33.0. The first-order chi connectivity index (χ1) is 22.5. The lowest BCUT2D eigenvalue weighted by atomic mass is 9.84. The van der Waals surface area contributed by atoms with E-state index in [-0.39, 0.29) is 22.5 Å². The average Bonchev–Trinajstić information content (AvgIpc) is 3.67. The number of rotatable bonds is 5. The molecule has 240 valence electrons. The van der Waals surface area contributed by atoms with Crippen LogP contribution in [-0.4, -0.2) is 54.1 Å². The highest BCUT2D eigenvalue weighted by atomic mass is 79.9. The van der Waals surface area contributed by atoms with Crippen molar-refractivity contribution in [3.8, 4) is 5.69 Å². The van der Waals surface area contributed by atoms with E-state index in [0.29, 0.717) is 24.3 Å². The molecular formula is C34H29BrF3N7O2. The first-order valence-electron chi connectivity index (χ1n) is 15.1. The molecule has 0 saturated carbocycles. The Morgan fingerprint density at radius 1 is 0.979 bits per heavy atom. The van der Waals surface area contributed by atoms with Crippen molar-refractivity contribution < 1.29 is 22.8 Å². The van der Waals surface area contributed by atoms with Gasteiger partial charge in [0.1, 0.15) is 5.82 Å². The van der Waals surface area contributed by atoms with Gasteiger partial charge >= 0.3 is 6.18 Å². The number of aromatic nitrogens is 5. The molecule has 0 bridgehead atoms. The van der Waals surface area contributed by atoms with Gasteiger partial charge in [0.15, 0.2) is 0 Å². The lowest BCUT2D eigenvalue weighted by Gasteiger charge is -2.47. The van der Waals surface area contributed by atoms with E-state index in [9.17, 15) is 22.8 Å². The van der Waals surface area contributed by atoms with Gasteiger partial charge < -0.3 is 4.90 Å². The Morgan fingerprint density at radius 3 is 2.38 bits per heavy atom. The summed E-state index contributed by atoms with van der Waals surface area (Å²) in [7, 11) is 0. The number of aryl methyl sites for hydroxylation is 1. The molecule has 0 N–H and O–H groups in total. The zero-order valence-corrected chi connectivity index (χ0v) is 27.0. The number of alkyl halides is 3. The molecule has 0 radical (unpaired) electrons. The molecule has 4 heterocycles. The van der Waals surface area contributed by atoms with Crippen LogP contribution in [0.4, 0.5) is 24.7 Å². The summed E-state index contributed by atoms with van der Waals surface area (Å²) in [5, 5.41) is 13.4. The normalized spacial score (nSPS) is 19.4. The summed E-state index contributed by atoms with van der Waals surface area (Å²) < 4.78 is 42.7. The van der Waals surface area contributed by atoms with Crippen molar-refractivity contribution in [3.05, 3.63) is 118 Å². The molecule has 9 nitrogen and oxygen atoms in total. The SMILES string of the molecule is Cc1cnn(-c2ccc(N3C(=O)C4C[C@@H](C)N(C(=O)c5ccc(Br)c(C(F)(F)F)c5)CC4n4ncc(Cc5ccccc5)c43)cc2)n1. The number of benzene rings is 3. The molecule has 13 heteroatoms. The second-order valence-corrected chi connectivity index (χ2v) is 12.8. The molecule has 2 aliphatic heterocycles. The highest BCUT2D eigenvalue weighted by molar-refractivity contribution is 9.10. The van der Waals surface area contributed by atoms with Crippen molar-refractivity contribution in [2.24, 2.45) is 5.92 Å². The highest BCUT2D eigenvalue weighted by Gasteiger charge is 2.48. The first kappa shape index (κ1) is 30.9. The number of carbonyl (C=O) groups is 2. The van der Waals surface area contributed by atoms with Crippen molar-refractivity contribution in [2.75, 3.05) is 11.4 Å². The summed E-state index contributed by atoms with van der Waals surface area (Å²) in [6.07, 6.45) is -0.371. The largest absolute Gasteiger partial charge is 0.417 e. The van der Waals surface area contributed by atoms with Crippen LogP contribution in [0.1, 0.15) is 52.1 Å². The van der Waals surface area contributed by atoms with Crippen molar-refractivity contribution in [2.45, 2.75) is 44.9 Å². The van der Waals surface area contributed by atoms with E-state index in [1.54, 1.807) is 22.2 Å². The van der Waals surface area contributed by atoms with Crippen molar-refractivity contribution >= 4 is 39.2 Å². The maximum atomic E-state index is 14.5. The van der Waals surface area contributed by atoms with Crippen LogP contribution in [0.2, 0.25) is 0 Å². The number of hydrogen-bond acceptors (Lipinski definition) is 5. The number of carbonyl (C=O) groups excluding carboxylic acids is 2. The van der Waals surface area contributed by atoms with Crippen molar-refractivity contribution in [1.29, 1.82) is 0 Å². The van der Waals surface area contributed by atoms with Gasteiger partial charge in [-0.2, -0.15) is 33.3 Å². The van der Waals surface area contributed by atoms with Gasteiger partial charge in [-0.3, -0.25) is 14.5 Å². The molecule has 1 saturated heterocycles. The molecule has 7 rings (SSSR count). The topological polar surface area (TPSA) is 89.2 Å². The fraction of sp³-hybridized carbons (Fsp3) is 0.265. The summed E-state index contributed by atoms with van der Waals surface area (Å²) in [5.41, 5.74) is 3.05. The third-order valence-corrected chi connectivity index (χ3v) is 9.53. The van der Waals surface area contributed by atoms with Gasteiger partial charge in [0.25, 0.3) is 5.91 Å². The number of anilines is 2. The number of amides is 2. The highest BCUT2D eigenvalue weighted by Crippen LogP contribution is 2.45. The molecule has 2 amide bonds. The van der Waals surface area contributed by atoms with Gasteiger partial charge in [-0.1, -0.05) is 46.3 Å². The minimum Gasteiger partial charge on any atom is -0.334 e. The maximum absolute atomic E-state index is 14.5. The van der Waals surface area contributed by atoms with Crippen molar-refractivity contribution in [1.82, 2.24) is 29.7 Å². The fourth-order valence-corrected chi connectivity index (χ4v) is 7.01. The number of likely N-dealkylation sites (tertiary alicyclic amines) is 1. The van der Waals surface area contributed by atoms with E-state index in [1.807, 2.05) is 73.1 Å². The number of fused-ring (bicyclic) bond motifs is 3. The molecule has 2 aromatic heterocycles. The second-order valence-electron chi connectivity index (χ2n) is 12.0. The van der Waals surface area contributed by atoms with E-state index in [0.717, 1.165) is 28.6 Å². The molecule has 3 atom stereocenters. The molecule has 2 aliphatic rings. The van der Waals surface area contributed by atoms with Crippen LogP contribution in [0.15, 0.2) is 89.7 Å². The summed E-state index contributed by atoms with van der Waals surface area (Å²) in [6, 6.07) is 19.8. The summed E-state index contributed by atoms with van der Waals surface area (Å²) in [5.74, 6) is -0.567. The minimum absolute atomic E-state index is 0.0676. The third-order valence-electron chi connectivity index (χ3n) is 8.84. The number of piperidine rings is 1. The Bertz CT molecular complexity index is 1970. The Morgan fingerprint density at radius 2 is 1.70 bits per heavy atom. The lowest BCUT2D eigenvalue weighted by molar-refractivity contribution is -0.138. The Hall–Kier alpha value is -4.78. The molecule has 47 heavy (non-hydrogen) atoms. The van der Waals surface area contributed by atoms with Gasteiger partial charge in [-0.15, -0.1) is 0 Å². The molecule has 3 aromatic carbocycles. The van der Waals surface area contributed by atoms with Gasteiger partial charge in [0.2, 0.25) is 5.91 Å². The summed E-state index contributed by atoms with van der Waals surface area (Å²) in [6.45, 7) is 3.79. The van der Waals surface area contributed by atoms with Crippen LogP contribution in [0.5, 0.6) is 0 Å². The molecule has 5 aromatic rings. The van der Waals surface area contributed by atoms with Crippen LogP contribution in [0, 0.1) is 12.8 Å². The average molecular weight is 705 g/mol. The van der Waals surface area contributed by atoms with E-state index in [2.05, 4.69) is 26.1 Å². The maximum Gasteiger partial charge on any atom is 0.417 e. The van der Waals surface area contributed by atoms with Crippen LogP contribution in [-0.2, 0) is 17.4 Å². The number of halogens is 4. The van der Waals surface area contributed by atoms with Gasteiger partial charge in [0.05, 0.1) is 47.0 Å². The zero-order chi connectivity index (χ0) is 33.0. The van der Waals surface area contributed by atoms with Crippen LogP contribution < -0.4 is 4.90 Å². The quantitative estimate of drug-likeness (QED) is 0.198. The van der Waals surface area contributed by atoms with Gasteiger partial charge in [0, 0.05) is 34.6 Å². The summed E-state index contributed by atoms with van der Waals surface area (Å²) >= 11 is 2.95. The standard InChI is InChI=1S/C34H29BrF3N7O2/c1-20-17-40-45(41-20)26-11-9-25(10-12-26)43-31-24(15-22-6-4-3-5-7-22)18-39-44(31)30-19-42(21(2)14-27(30)33(43)47)32(46)23-8-13-29(35)28(16-23)34(36,37)38/h3-13,16-18,21,27,30H,14-15,19H2,1-2H3/t21-,27?,30?/m1/s1. The molecule has 0 aliphatic carbocycles. The van der Waals surface area contributed by atoms with E-state index in [1.165, 1.54) is 16.9 Å². The zero-order valence-electron chi connectivity index (χ0n) is 25.4. The monoisotopic (exact) mass is 703 g/mol. The molecular weight excluding hydrogens is 675 g/mol. The van der Waals surface area contributed by atoms with E-state index < -0.39 is 35.6 Å². The van der Waals surface area contributed by atoms with Crippen molar-refractivity contribution in [3.63, 3.8) is 0 Å². The number of hydrogen-bond donors (Lipinski definition) is 0. The Kier molecular flexibility index (Phi) is 7.74. The van der Waals surface area contributed by atoms with Crippen LogP contribution in [0.3, 0.4) is 0 Å². The van der Waals surface area contributed by atoms with E-state index in [4.69, 9.17) is 5.10 Å². The molecule has 2 unspecified atom stereocenters. The lowest BCUT2D eigenvalue weighted by Crippen LogP contribution is -2.56.